The second kappa shape index (κ2) is 27.7. The van der Waals surface area contributed by atoms with Crippen molar-refractivity contribution in [2.24, 2.45) is 11.3 Å². The fourth-order valence-electron chi connectivity index (χ4n) is 11.3. The molecule has 78 heavy (non-hydrogen) atoms. The Morgan fingerprint density at radius 2 is 1.37 bits per heavy atom. The number of tetrazole rings is 2. The molecule has 2 aliphatic carbocycles. The topological polar surface area (TPSA) is 211 Å². The number of rotatable bonds is 12. The molecule has 2 aliphatic heterocycles. The van der Waals surface area contributed by atoms with Gasteiger partial charge in [-0.25, -0.2) is 0 Å². The van der Waals surface area contributed by atoms with Gasteiger partial charge in [-0.05, 0) is 164 Å². The summed E-state index contributed by atoms with van der Waals surface area (Å²) in [5.74, 6) is 5.18. The van der Waals surface area contributed by atoms with E-state index in [1.54, 1.807) is 9.59 Å². The van der Waals surface area contributed by atoms with E-state index in [9.17, 15) is 5.11 Å². The largest absolute Gasteiger partial charge is 0.486 e. The van der Waals surface area contributed by atoms with E-state index < -0.39 is 0 Å². The van der Waals surface area contributed by atoms with Gasteiger partial charge in [0.1, 0.15) is 29.2 Å². The molecule has 6 aromatic rings. The molecule has 4 aromatic carbocycles. The molecule has 0 saturated heterocycles. The number of carbonyl (C=O) groups excluding carboxylic acids is 4. The number of benzene rings is 4. The van der Waals surface area contributed by atoms with Crippen molar-refractivity contribution in [1.82, 2.24) is 45.8 Å². The van der Waals surface area contributed by atoms with Crippen LogP contribution in [0.15, 0.2) is 84.9 Å². The van der Waals surface area contributed by atoms with Gasteiger partial charge in [0.05, 0.1) is 17.7 Å². The molecule has 4 atom stereocenters. The lowest BCUT2D eigenvalue weighted by Crippen LogP contribution is -2.41. The predicted octanol–water partition coefficient (Wildman–Crippen LogP) is 9.36. The number of fused-ring (bicyclic) bond motifs is 4. The second-order valence-corrected chi connectivity index (χ2v) is 23.3. The van der Waals surface area contributed by atoms with Crippen molar-refractivity contribution in [3.05, 3.63) is 141 Å². The van der Waals surface area contributed by atoms with Gasteiger partial charge < -0.3 is 19.9 Å². The Morgan fingerprint density at radius 3 is 2.01 bits per heavy atom. The molecule has 4 unspecified atom stereocenters. The van der Waals surface area contributed by atoms with Crippen molar-refractivity contribution in [1.29, 1.82) is 0 Å². The molecule has 0 radical (unpaired) electrons. The Labute approximate surface area is 460 Å². The summed E-state index contributed by atoms with van der Waals surface area (Å²) in [5, 5.41) is 38.1. The third-order valence-corrected chi connectivity index (χ3v) is 15.0. The minimum atomic E-state index is -0.294. The van der Waals surface area contributed by atoms with Crippen molar-refractivity contribution in [2.75, 3.05) is 13.1 Å². The van der Waals surface area contributed by atoms with Crippen LogP contribution < -0.4 is 19.6 Å². The van der Waals surface area contributed by atoms with Crippen molar-refractivity contribution in [3.63, 3.8) is 0 Å². The Balaban J connectivity index is 0.000000196. The van der Waals surface area contributed by atoms with Crippen LogP contribution in [0, 0.1) is 11.3 Å². The highest BCUT2D eigenvalue weighted by Gasteiger charge is 2.37. The summed E-state index contributed by atoms with van der Waals surface area (Å²) in [6, 6.07) is 31.1. The van der Waals surface area contributed by atoms with Crippen LogP contribution in [0.2, 0.25) is 0 Å². The molecule has 2 aromatic heterocycles. The van der Waals surface area contributed by atoms with E-state index in [1.807, 2.05) is 32.0 Å². The van der Waals surface area contributed by atoms with Crippen LogP contribution in [0.25, 0.3) is 0 Å². The molecule has 0 spiro atoms. The van der Waals surface area contributed by atoms with Crippen LogP contribution in [0.1, 0.15) is 182 Å². The van der Waals surface area contributed by atoms with Gasteiger partial charge in [0.15, 0.2) is 5.82 Å². The van der Waals surface area contributed by atoms with E-state index in [0.717, 1.165) is 113 Å². The molecular formula is C61H83N10O7+. The number of aryl methyl sites for hydroxylation is 6. The minimum Gasteiger partial charge on any atom is -0.486 e. The number of aliphatic hydroxyl groups excluding tert-OH is 1. The summed E-state index contributed by atoms with van der Waals surface area (Å²) in [7, 11) is 0. The highest BCUT2D eigenvalue weighted by Crippen LogP contribution is 2.44. The van der Waals surface area contributed by atoms with E-state index in [2.05, 4.69) is 170 Å². The quantitative estimate of drug-likeness (QED) is 0.0976. The first kappa shape index (κ1) is 60.5. The summed E-state index contributed by atoms with van der Waals surface area (Å²) < 4.78 is 12.3. The lowest BCUT2D eigenvalue weighted by atomic mass is 9.73. The van der Waals surface area contributed by atoms with Gasteiger partial charge in [-0.1, -0.05) is 112 Å². The van der Waals surface area contributed by atoms with Crippen molar-refractivity contribution >= 4 is 12.3 Å². The minimum absolute atomic E-state index is 0.105. The van der Waals surface area contributed by atoms with Gasteiger partial charge in [-0.3, -0.25) is 4.90 Å². The number of hydrogen-bond acceptors (Lipinski definition) is 14. The first-order valence-electron chi connectivity index (χ1n) is 27.7. The van der Waals surface area contributed by atoms with Gasteiger partial charge >= 0.3 is 18.1 Å². The highest BCUT2D eigenvalue weighted by molar-refractivity contribution is 5.42. The molecule has 17 nitrogen and oxygen atoms in total. The Kier molecular flexibility index (Phi) is 21.5. The monoisotopic (exact) mass is 1070 g/mol. The summed E-state index contributed by atoms with van der Waals surface area (Å²) in [5.41, 5.74) is 10.6. The smallest absolute Gasteiger partial charge is 0.373 e. The lowest BCUT2D eigenvalue weighted by molar-refractivity contribution is -0.802. The maximum atomic E-state index is 10.2. The van der Waals surface area contributed by atoms with Crippen molar-refractivity contribution in [2.45, 2.75) is 189 Å². The Bertz CT molecular complexity index is 2920. The van der Waals surface area contributed by atoms with Crippen molar-refractivity contribution in [3.8, 4) is 11.5 Å². The SMILES string of the molecule is CC1(C)CNCc2ccccc2O1.CC[n+]1nc(CCC(c2ccc3c(c2)C(O)CC3)C(C)(C)C)n[nH]1.CCn1nnc(CCC(c2ccc3c(c2)C(N2Cc4ccccc4OC(C)(C)C2)CC3)C(C)C)n1.O=C=O.O=C=O. The second-order valence-electron chi connectivity index (χ2n) is 23.3. The number of aliphatic hydroxyl groups is 1. The molecule has 0 bridgehead atoms. The van der Waals surface area contributed by atoms with Crippen LogP contribution >= 0.6 is 0 Å². The van der Waals surface area contributed by atoms with E-state index >= 15 is 0 Å². The molecule has 10 rings (SSSR count). The van der Waals surface area contributed by atoms with E-state index in [0.29, 0.717) is 23.8 Å². The number of aromatic amines is 1. The summed E-state index contributed by atoms with van der Waals surface area (Å²) in [4.78, 5) is 38.6. The van der Waals surface area contributed by atoms with Crippen LogP contribution in [-0.2, 0) is 71.0 Å². The third-order valence-electron chi connectivity index (χ3n) is 15.0. The maximum Gasteiger partial charge on any atom is 0.373 e. The van der Waals surface area contributed by atoms with Crippen LogP contribution in [0.3, 0.4) is 0 Å². The number of aromatic nitrogens is 8. The molecule has 0 saturated carbocycles. The van der Waals surface area contributed by atoms with Crippen LogP contribution in [0.5, 0.6) is 11.5 Å². The van der Waals surface area contributed by atoms with Gasteiger partial charge in [0.2, 0.25) is 0 Å². The fourth-order valence-corrected chi connectivity index (χ4v) is 11.3. The van der Waals surface area contributed by atoms with Gasteiger partial charge in [0, 0.05) is 56.2 Å². The number of nitrogens with zero attached hydrogens (tertiary/aromatic N) is 8. The average molecular weight is 1070 g/mol. The Hall–Kier alpha value is -6.74. The Morgan fingerprint density at radius 1 is 0.769 bits per heavy atom. The maximum absolute atomic E-state index is 10.2. The fraction of sp³-hybridized carbons (Fsp3) is 0.541. The van der Waals surface area contributed by atoms with Crippen molar-refractivity contribution < 1.29 is 38.6 Å². The number of ether oxygens (including phenoxy) is 2. The normalized spacial score (nSPS) is 18.3. The van der Waals surface area contributed by atoms with Gasteiger partial charge in [0.25, 0.3) is 0 Å². The molecule has 3 N–H and O–H groups in total. The number of para-hydroxylation sites is 2. The molecule has 4 aliphatic rings. The molecule has 0 fully saturated rings. The standard InChI is InChI=1S/C29H39N5O.C19H28N4O.C11H15NO.2CO2/c1-6-34-31-28(30-32-34)16-14-24(20(2)3)22-12-11-21-13-15-26(25(21)17-22)33-18-23-9-7-8-10-27(23)35-29(4,5)19-33;1-5-23-21-18(20-22-23)11-9-16(19(2,3)4)14-7-6-13-8-10-17(24)15(13)12-14;1-11(2)8-12-7-9-5-3-4-6-10(9)13-11;2*2-1-3/h7-12,17,20,24,26H,6,13-16,18-19H2,1-5H3;6-7,12,16-17,24H,5,8-11H2,1-4H3;3-6,12H,7-8H2,1-2H3;;/p+1. The molecular weight excluding hydrogens is 985 g/mol. The van der Waals surface area contributed by atoms with E-state index in [-0.39, 0.29) is 35.0 Å². The summed E-state index contributed by atoms with van der Waals surface area (Å²) in [6.45, 7) is 29.4. The average Bonchev–Trinajstić information content (AvgIpc) is 4.20. The van der Waals surface area contributed by atoms with E-state index in [1.165, 1.54) is 45.4 Å². The summed E-state index contributed by atoms with van der Waals surface area (Å²) >= 11 is 0. The molecule has 418 valence electrons. The zero-order valence-corrected chi connectivity index (χ0v) is 47.8. The van der Waals surface area contributed by atoms with Gasteiger partial charge in [-0.15, -0.1) is 10.2 Å². The zero-order chi connectivity index (χ0) is 56.6. The number of hydrogen-bond donors (Lipinski definition) is 3. The lowest BCUT2D eigenvalue weighted by Gasteiger charge is -2.34. The van der Waals surface area contributed by atoms with E-state index in [4.69, 9.17) is 28.7 Å². The predicted molar refractivity (Wildman–Crippen MR) is 294 cm³/mol. The third kappa shape index (κ3) is 16.6. The zero-order valence-electron chi connectivity index (χ0n) is 47.8. The highest BCUT2D eigenvalue weighted by atomic mass is 16.5. The number of nitrogens with one attached hydrogen (secondary N) is 2. The van der Waals surface area contributed by atoms with Gasteiger partial charge in [-0.2, -0.15) is 24.0 Å². The first-order valence-corrected chi connectivity index (χ1v) is 27.7. The van der Waals surface area contributed by atoms with Crippen LogP contribution in [-0.4, -0.2) is 82.2 Å². The van der Waals surface area contributed by atoms with Crippen LogP contribution in [0.4, 0.5) is 0 Å². The molecule has 4 heterocycles. The first-order chi connectivity index (χ1) is 37.2. The summed E-state index contributed by atoms with van der Waals surface area (Å²) in [6.07, 6.45) is 8.12. The molecule has 17 heteroatoms. The number of H-pyrrole nitrogens is 1. The molecule has 0 amide bonds.